The summed E-state index contributed by atoms with van der Waals surface area (Å²) in [5.74, 6) is 0. The van der Waals surface area contributed by atoms with Crippen LogP contribution in [0.1, 0.15) is 44.7 Å². The molecule has 180 valence electrons. The molecule has 1 aliphatic heterocycles. The fraction of sp³-hybridized carbons (Fsp3) is 0.480. The predicted octanol–water partition coefficient (Wildman–Crippen LogP) is 4.46. The highest BCUT2D eigenvalue weighted by Gasteiger charge is 2.31. The summed E-state index contributed by atoms with van der Waals surface area (Å²) in [6.07, 6.45) is 2.40. The van der Waals surface area contributed by atoms with Crippen LogP contribution >= 0.6 is 0 Å². The average molecular weight is 474 g/mol. The zero-order valence-electron chi connectivity index (χ0n) is 20.0. The molecule has 0 atom stereocenters. The van der Waals surface area contributed by atoms with E-state index >= 15 is 0 Å². The lowest BCUT2D eigenvalue weighted by Crippen LogP contribution is -2.48. The van der Waals surface area contributed by atoms with E-state index in [0.29, 0.717) is 5.69 Å². The second-order valence-corrected chi connectivity index (χ2v) is 11.4. The van der Waals surface area contributed by atoms with Gasteiger partial charge in [0, 0.05) is 25.7 Å². The van der Waals surface area contributed by atoms with Gasteiger partial charge in [0.2, 0.25) is 10.0 Å². The topological polar surface area (TPSA) is 79.0 Å². The minimum Gasteiger partial charge on any atom is -0.444 e. The maximum atomic E-state index is 13.2. The third-order valence-electron chi connectivity index (χ3n) is 5.53. The number of amides is 1. The Kier molecular flexibility index (Phi) is 8.02. The predicted molar refractivity (Wildman–Crippen MR) is 131 cm³/mol. The number of rotatable bonds is 7. The molecule has 8 heteroatoms. The van der Waals surface area contributed by atoms with Gasteiger partial charge in [-0.2, -0.15) is 0 Å². The van der Waals surface area contributed by atoms with Crippen LogP contribution in [0.2, 0.25) is 0 Å². The van der Waals surface area contributed by atoms with Crippen molar-refractivity contribution >= 4 is 21.8 Å². The van der Waals surface area contributed by atoms with E-state index in [0.717, 1.165) is 44.3 Å². The Bertz CT molecular complexity index is 1030. The molecule has 2 aromatic carbocycles. The first kappa shape index (κ1) is 25.1. The van der Waals surface area contributed by atoms with Crippen molar-refractivity contribution in [1.29, 1.82) is 0 Å². The number of sulfonamides is 1. The minimum absolute atomic E-state index is 0.0122. The standard InChI is InChI=1S/C25H35N3O4S/c1-25(2,3)32-24(29)28(19-21-12-8-9-13-23(21)26-33(4,30)31)22-14-16-27(17-15-22)18-20-10-6-5-7-11-20/h5-13,22,26H,14-19H2,1-4H3. The second-order valence-electron chi connectivity index (χ2n) is 9.63. The third kappa shape index (κ3) is 8.05. The highest BCUT2D eigenvalue weighted by atomic mass is 32.2. The summed E-state index contributed by atoms with van der Waals surface area (Å²) >= 11 is 0. The molecule has 33 heavy (non-hydrogen) atoms. The molecule has 1 N–H and O–H groups in total. The van der Waals surface area contributed by atoms with Gasteiger partial charge in [0.1, 0.15) is 5.60 Å². The number of piperidine rings is 1. The molecule has 1 saturated heterocycles. The molecule has 7 nitrogen and oxygen atoms in total. The summed E-state index contributed by atoms with van der Waals surface area (Å²) in [4.78, 5) is 17.3. The lowest BCUT2D eigenvalue weighted by atomic mass is 10.0. The van der Waals surface area contributed by atoms with E-state index in [1.807, 2.05) is 51.1 Å². The molecule has 2 aromatic rings. The Hall–Kier alpha value is -2.58. The van der Waals surface area contributed by atoms with E-state index in [4.69, 9.17) is 4.74 Å². The minimum atomic E-state index is -3.44. The van der Waals surface area contributed by atoms with Crippen LogP contribution in [-0.4, -0.2) is 55.3 Å². The van der Waals surface area contributed by atoms with E-state index in [-0.39, 0.29) is 18.7 Å². The Morgan fingerprint density at radius 3 is 2.27 bits per heavy atom. The monoisotopic (exact) mass is 473 g/mol. The van der Waals surface area contributed by atoms with Crippen molar-refractivity contribution in [2.24, 2.45) is 0 Å². The number of likely N-dealkylation sites (tertiary alicyclic amines) is 1. The molecule has 0 spiro atoms. The summed E-state index contributed by atoms with van der Waals surface area (Å²) in [6.45, 7) is 8.47. The number of carbonyl (C=O) groups excluding carboxylic acids is 1. The summed E-state index contributed by atoms with van der Waals surface area (Å²) in [7, 11) is -3.44. The number of anilines is 1. The Morgan fingerprint density at radius 2 is 1.67 bits per heavy atom. The van der Waals surface area contributed by atoms with Crippen molar-refractivity contribution in [3.63, 3.8) is 0 Å². The third-order valence-corrected chi connectivity index (χ3v) is 6.12. The normalized spacial score (nSPS) is 15.8. The molecule has 1 heterocycles. The van der Waals surface area contributed by atoms with Crippen LogP contribution in [0.15, 0.2) is 54.6 Å². The SMILES string of the molecule is CC(C)(C)OC(=O)N(Cc1ccccc1NS(C)(=O)=O)C1CCN(Cc2ccccc2)CC1. The van der Waals surface area contributed by atoms with Crippen molar-refractivity contribution in [2.45, 2.75) is 58.3 Å². The molecule has 0 unspecified atom stereocenters. The van der Waals surface area contributed by atoms with Crippen molar-refractivity contribution in [2.75, 3.05) is 24.1 Å². The first-order chi connectivity index (χ1) is 15.5. The van der Waals surface area contributed by atoms with Crippen LogP contribution in [0.25, 0.3) is 0 Å². The number of para-hydroxylation sites is 1. The summed E-state index contributed by atoms with van der Waals surface area (Å²) in [5.41, 5.74) is 1.88. The van der Waals surface area contributed by atoms with E-state index in [9.17, 15) is 13.2 Å². The lowest BCUT2D eigenvalue weighted by molar-refractivity contribution is 0.00545. The Labute approximate surface area is 197 Å². The smallest absolute Gasteiger partial charge is 0.410 e. The number of nitrogens with one attached hydrogen (secondary N) is 1. The van der Waals surface area contributed by atoms with Crippen LogP contribution in [0.4, 0.5) is 10.5 Å². The molecule has 3 rings (SSSR count). The lowest BCUT2D eigenvalue weighted by Gasteiger charge is -2.39. The molecule has 0 aromatic heterocycles. The molecular formula is C25H35N3O4S. The maximum Gasteiger partial charge on any atom is 0.410 e. The van der Waals surface area contributed by atoms with Gasteiger partial charge in [0.05, 0.1) is 18.5 Å². The summed E-state index contributed by atoms with van der Waals surface area (Å²) in [5, 5.41) is 0. The number of hydrogen-bond donors (Lipinski definition) is 1. The van der Waals surface area contributed by atoms with Gasteiger partial charge >= 0.3 is 6.09 Å². The van der Waals surface area contributed by atoms with Crippen molar-refractivity contribution in [3.05, 3.63) is 65.7 Å². The highest BCUT2D eigenvalue weighted by Crippen LogP contribution is 2.26. The number of hydrogen-bond acceptors (Lipinski definition) is 5. The quantitative estimate of drug-likeness (QED) is 0.642. The Balaban J connectivity index is 1.75. The molecule has 1 amide bonds. The highest BCUT2D eigenvalue weighted by molar-refractivity contribution is 7.92. The largest absolute Gasteiger partial charge is 0.444 e. The fourth-order valence-corrected chi connectivity index (χ4v) is 4.63. The molecule has 1 fully saturated rings. The van der Waals surface area contributed by atoms with Gasteiger partial charge in [-0.15, -0.1) is 0 Å². The van der Waals surface area contributed by atoms with Crippen LogP contribution in [0, 0.1) is 0 Å². The molecule has 0 saturated carbocycles. The van der Waals surface area contributed by atoms with Crippen LogP contribution in [0.3, 0.4) is 0 Å². The zero-order chi connectivity index (χ0) is 24.1. The van der Waals surface area contributed by atoms with E-state index in [1.165, 1.54) is 5.56 Å². The van der Waals surface area contributed by atoms with Gasteiger partial charge in [-0.3, -0.25) is 9.62 Å². The number of carbonyl (C=O) groups is 1. The second kappa shape index (κ2) is 10.6. The van der Waals surface area contributed by atoms with Crippen molar-refractivity contribution in [1.82, 2.24) is 9.80 Å². The van der Waals surface area contributed by atoms with E-state index < -0.39 is 15.6 Å². The van der Waals surface area contributed by atoms with Gasteiger partial charge in [0.25, 0.3) is 0 Å². The average Bonchev–Trinajstić information content (AvgIpc) is 2.72. The summed E-state index contributed by atoms with van der Waals surface area (Å²) < 4.78 is 31.9. The van der Waals surface area contributed by atoms with Gasteiger partial charge < -0.3 is 9.64 Å². The number of nitrogens with zero attached hydrogens (tertiary/aromatic N) is 2. The molecule has 0 bridgehead atoms. The van der Waals surface area contributed by atoms with Gasteiger partial charge in [-0.1, -0.05) is 48.5 Å². The fourth-order valence-electron chi connectivity index (χ4n) is 4.04. The van der Waals surface area contributed by atoms with E-state index in [1.54, 1.807) is 17.0 Å². The molecule has 0 radical (unpaired) electrons. The molecule has 0 aliphatic carbocycles. The van der Waals surface area contributed by atoms with Crippen LogP contribution in [0.5, 0.6) is 0 Å². The van der Waals surface area contributed by atoms with E-state index in [2.05, 4.69) is 21.8 Å². The van der Waals surface area contributed by atoms with Crippen LogP contribution in [-0.2, 0) is 27.8 Å². The van der Waals surface area contributed by atoms with Gasteiger partial charge in [0.15, 0.2) is 0 Å². The van der Waals surface area contributed by atoms with Gasteiger partial charge in [-0.05, 0) is 50.8 Å². The number of benzene rings is 2. The Morgan fingerprint density at radius 1 is 1.06 bits per heavy atom. The van der Waals surface area contributed by atoms with Crippen LogP contribution < -0.4 is 4.72 Å². The first-order valence-electron chi connectivity index (χ1n) is 11.3. The van der Waals surface area contributed by atoms with Crippen molar-refractivity contribution < 1.29 is 17.9 Å². The summed E-state index contributed by atoms with van der Waals surface area (Å²) in [6, 6.07) is 17.6. The maximum absolute atomic E-state index is 13.2. The number of ether oxygens (including phenoxy) is 1. The van der Waals surface area contributed by atoms with Crippen molar-refractivity contribution in [3.8, 4) is 0 Å². The zero-order valence-corrected chi connectivity index (χ0v) is 20.8. The molecular weight excluding hydrogens is 438 g/mol. The molecule has 1 aliphatic rings. The first-order valence-corrected chi connectivity index (χ1v) is 13.2. The van der Waals surface area contributed by atoms with Gasteiger partial charge in [-0.25, -0.2) is 13.2 Å².